The first-order valence-corrected chi connectivity index (χ1v) is 10.9. The number of carbonyl (C=O) groups is 4. The molecule has 7 heteroatoms. The number of allylic oxidation sites excluding steroid dienone is 4. The molecule has 0 amide bonds. The van der Waals surface area contributed by atoms with E-state index >= 15 is 4.39 Å². The molecule has 0 aromatic carbocycles. The molecule has 7 atom stereocenters. The standard InChI is InChI=1S/C24H29FO6/c1-13-9-18-17-6-5-15-10-16(27)7-8-21(15,3)23(17,25)19(28)11-22(18,4)24(13,30)20(29)12-31-14(2)26/h7-8,10,13,17-18,30H,5-6,9,11-12H2,1-4H3/t13-,17+,18+,21+,22+,23+,24+/m1/s1. The topological polar surface area (TPSA) is 97.7 Å². The molecular weight excluding hydrogens is 403 g/mol. The molecule has 6 nitrogen and oxygen atoms in total. The first-order chi connectivity index (χ1) is 14.3. The lowest BCUT2D eigenvalue weighted by Gasteiger charge is -2.59. The molecule has 0 aromatic heterocycles. The van der Waals surface area contributed by atoms with Crippen LogP contribution in [0.15, 0.2) is 23.8 Å². The molecule has 3 saturated carbocycles. The number of carbonyl (C=O) groups excluding carboxylic acids is 4. The predicted molar refractivity (Wildman–Crippen MR) is 108 cm³/mol. The van der Waals surface area contributed by atoms with Crippen molar-refractivity contribution in [1.82, 2.24) is 0 Å². The van der Waals surface area contributed by atoms with E-state index in [4.69, 9.17) is 4.74 Å². The number of ether oxygens (including phenoxy) is 1. The van der Waals surface area contributed by atoms with Gasteiger partial charge in [0.2, 0.25) is 5.78 Å². The Bertz CT molecular complexity index is 952. The van der Waals surface area contributed by atoms with Gasteiger partial charge < -0.3 is 9.84 Å². The Morgan fingerprint density at radius 3 is 2.58 bits per heavy atom. The molecule has 4 rings (SSSR count). The number of halogens is 1. The van der Waals surface area contributed by atoms with Crippen LogP contribution in [-0.4, -0.2) is 46.3 Å². The second kappa shape index (κ2) is 6.67. The highest BCUT2D eigenvalue weighted by atomic mass is 19.1. The average Bonchev–Trinajstić information content (AvgIpc) is 2.89. The smallest absolute Gasteiger partial charge is 0.303 e. The Labute approximate surface area is 180 Å². The van der Waals surface area contributed by atoms with Gasteiger partial charge in [0.25, 0.3) is 0 Å². The summed E-state index contributed by atoms with van der Waals surface area (Å²) in [5.74, 6) is -3.74. The van der Waals surface area contributed by atoms with Crippen LogP contribution >= 0.6 is 0 Å². The molecule has 0 saturated heterocycles. The summed E-state index contributed by atoms with van der Waals surface area (Å²) in [7, 11) is 0. The molecule has 0 radical (unpaired) electrons. The van der Waals surface area contributed by atoms with Crippen LogP contribution in [0.4, 0.5) is 4.39 Å². The van der Waals surface area contributed by atoms with Crippen molar-refractivity contribution in [1.29, 1.82) is 0 Å². The fourth-order valence-electron chi connectivity index (χ4n) is 7.15. The van der Waals surface area contributed by atoms with Crippen LogP contribution in [0.2, 0.25) is 0 Å². The van der Waals surface area contributed by atoms with Gasteiger partial charge in [0.1, 0.15) is 5.60 Å². The van der Waals surface area contributed by atoms with Gasteiger partial charge in [0, 0.05) is 30.1 Å². The summed E-state index contributed by atoms with van der Waals surface area (Å²) in [5.41, 5.74) is -5.84. The summed E-state index contributed by atoms with van der Waals surface area (Å²) in [4.78, 5) is 49.6. The van der Waals surface area contributed by atoms with Gasteiger partial charge in [0.15, 0.2) is 23.8 Å². The monoisotopic (exact) mass is 432 g/mol. The maximum atomic E-state index is 16.9. The molecule has 168 valence electrons. The van der Waals surface area contributed by atoms with Crippen LogP contribution in [0.25, 0.3) is 0 Å². The summed E-state index contributed by atoms with van der Waals surface area (Å²) >= 11 is 0. The number of hydrogen-bond donors (Lipinski definition) is 1. The molecule has 0 bridgehead atoms. The first kappa shape index (κ1) is 22.1. The van der Waals surface area contributed by atoms with Crippen molar-refractivity contribution in [3.8, 4) is 0 Å². The van der Waals surface area contributed by atoms with Gasteiger partial charge in [-0.15, -0.1) is 0 Å². The van der Waals surface area contributed by atoms with Gasteiger partial charge in [-0.1, -0.05) is 25.5 Å². The van der Waals surface area contributed by atoms with E-state index in [1.807, 2.05) is 0 Å². The third-order valence-electron chi connectivity index (χ3n) is 8.82. The molecule has 4 aliphatic rings. The van der Waals surface area contributed by atoms with Crippen LogP contribution in [0.3, 0.4) is 0 Å². The summed E-state index contributed by atoms with van der Waals surface area (Å²) in [6, 6.07) is 0. The van der Waals surface area contributed by atoms with E-state index in [-0.39, 0.29) is 12.2 Å². The Morgan fingerprint density at radius 1 is 1.26 bits per heavy atom. The molecule has 1 N–H and O–H groups in total. The van der Waals surface area contributed by atoms with Crippen molar-refractivity contribution in [2.45, 2.75) is 64.6 Å². The van der Waals surface area contributed by atoms with Crippen LogP contribution in [0.5, 0.6) is 0 Å². The van der Waals surface area contributed by atoms with Crippen molar-refractivity contribution >= 4 is 23.3 Å². The largest absolute Gasteiger partial charge is 0.458 e. The minimum atomic E-state index is -2.21. The van der Waals surface area contributed by atoms with E-state index in [0.29, 0.717) is 24.8 Å². The minimum Gasteiger partial charge on any atom is -0.458 e. The number of ketones is 3. The Kier molecular flexibility index (Phi) is 4.75. The lowest BCUT2D eigenvalue weighted by Crippen LogP contribution is -2.68. The van der Waals surface area contributed by atoms with Gasteiger partial charge in [-0.25, -0.2) is 4.39 Å². The molecule has 0 heterocycles. The fourth-order valence-corrected chi connectivity index (χ4v) is 7.15. The zero-order chi connectivity index (χ0) is 23.0. The van der Waals surface area contributed by atoms with Crippen LogP contribution < -0.4 is 0 Å². The lowest BCUT2D eigenvalue weighted by molar-refractivity contribution is -0.188. The highest BCUT2D eigenvalue weighted by molar-refractivity contribution is 6.03. The number of alkyl halides is 1. The highest BCUT2D eigenvalue weighted by Gasteiger charge is 2.75. The number of fused-ring (bicyclic) bond motifs is 5. The second-order valence-corrected chi connectivity index (χ2v) is 10.2. The van der Waals surface area contributed by atoms with E-state index in [0.717, 1.165) is 0 Å². The molecule has 0 unspecified atom stereocenters. The average molecular weight is 432 g/mol. The fraction of sp³-hybridized carbons (Fsp3) is 0.667. The second-order valence-electron chi connectivity index (χ2n) is 10.2. The third kappa shape index (κ3) is 2.58. The molecular formula is C24H29FO6. The molecule has 4 aliphatic carbocycles. The summed E-state index contributed by atoms with van der Waals surface area (Å²) in [6.07, 6.45) is 5.23. The molecule has 31 heavy (non-hydrogen) atoms. The first-order valence-electron chi connectivity index (χ1n) is 10.9. The van der Waals surface area contributed by atoms with E-state index in [1.54, 1.807) is 20.8 Å². The van der Waals surface area contributed by atoms with E-state index in [9.17, 15) is 24.3 Å². The van der Waals surface area contributed by atoms with Crippen LogP contribution in [0, 0.1) is 28.6 Å². The predicted octanol–water partition coefficient (Wildman–Crippen LogP) is 2.67. The van der Waals surface area contributed by atoms with Crippen molar-refractivity contribution in [2.24, 2.45) is 28.6 Å². The normalized spacial score (nSPS) is 46.0. The van der Waals surface area contributed by atoms with Crippen molar-refractivity contribution in [3.63, 3.8) is 0 Å². The van der Waals surface area contributed by atoms with E-state index in [1.165, 1.54) is 25.2 Å². The molecule has 0 aromatic rings. The van der Waals surface area contributed by atoms with Crippen LogP contribution in [0.1, 0.15) is 53.4 Å². The summed E-state index contributed by atoms with van der Waals surface area (Å²) in [5, 5.41) is 11.6. The highest BCUT2D eigenvalue weighted by Crippen LogP contribution is 2.69. The molecule has 0 aliphatic heterocycles. The van der Waals surface area contributed by atoms with Gasteiger partial charge in [0.05, 0.1) is 0 Å². The third-order valence-corrected chi connectivity index (χ3v) is 8.82. The maximum absolute atomic E-state index is 16.9. The number of esters is 1. The summed E-state index contributed by atoms with van der Waals surface area (Å²) < 4.78 is 21.8. The number of aliphatic hydroxyl groups is 1. The van der Waals surface area contributed by atoms with Crippen molar-refractivity contribution in [3.05, 3.63) is 23.8 Å². The van der Waals surface area contributed by atoms with Gasteiger partial charge in [-0.3, -0.25) is 19.2 Å². The van der Waals surface area contributed by atoms with Gasteiger partial charge in [-0.2, -0.15) is 0 Å². The van der Waals surface area contributed by atoms with Crippen LogP contribution in [-0.2, 0) is 23.9 Å². The number of hydrogen-bond acceptors (Lipinski definition) is 6. The molecule has 0 spiro atoms. The van der Waals surface area contributed by atoms with Crippen molar-refractivity contribution in [2.75, 3.05) is 6.61 Å². The van der Waals surface area contributed by atoms with Gasteiger partial charge >= 0.3 is 5.97 Å². The van der Waals surface area contributed by atoms with Crippen molar-refractivity contribution < 1.29 is 33.4 Å². The summed E-state index contributed by atoms with van der Waals surface area (Å²) in [6.45, 7) is 5.70. The zero-order valence-electron chi connectivity index (χ0n) is 18.4. The number of rotatable bonds is 3. The Hall–Kier alpha value is -2.15. The van der Waals surface area contributed by atoms with E-state index in [2.05, 4.69) is 0 Å². The quantitative estimate of drug-likeness (QED) is 0.689. The Morgan fingerprint density at radius 2 is 1.94 bits per heavy atom. The Balaban J connectivity index is 1.77. The minimum absolute atomic E-state index is 0.206. The maximum Gasteiger partial charge on any atom is 0.303 e. The molecule has 3 fully saturated rings. The van der Waals surface area contributed by atoms with Gasteiger partial charge in [-0.05, 0) is 50.2 Å². The SMILES string of the molecule is CC(=O)OCC(=O)[C@@]1(O)[C@H](C)C[C@H]2[C@@H]3CCC4=CC(=O)C=C[C@]4(C)[C@@]3(F)C(=O)C[C@@]21C. The zero-order valence-corrected chi connectivity index (χ0v) is 18.4. The van der Waals surface area contributed by atoms with E-state index < -0.39 is 64.0 Å². The number of Topliss-reactive ketones (excluding diaryl/α,β-unsaturated/α-hetero) is 2. The lowest BCUT2D eigenvalue weighted by atomic mass is 9.45.